The average molecular weight is 410 g/mol. The molecule has 0 atom stereocenters. The van der Waals surface area contributed by atoms with Crippen LogP contribution in [0.3, 0.4) is 0 Å². The van der Waals surface area contributed by atoms with Gasteiger partial charge in [-0.1, -0.05) is 56.9 Å². The van der Waals surface area contributed by atoms with E-state index in [1.807, 2.05) is 6.07 Å². The number of hydrogen-bond donors (Lipinski definition) is 1. The molecule has 0 radical (unpaired) electrons. The number of aryl methyl sites for hydroxylation is 3. The van der Waals surface area contributed by atoms with Crippen LogP contribution in [0.2, 0.25) is 0 Å². The molecule has 0 aliphatic heterocycles. The molecule has 1 aromatic carbocycles. The van der Waals surface area contributed by atoms with Gasteiger partial charge in [-0.05, 0) is 61.1 Å². The molecule has 29 heavy (non-hydrogen) atoms. The Morgan fingerprint density at radius 3 is 2.45 bits per heavy atom. The second-order valence-electron chi connectivity index (χ2n) is 7.62. The van der Waals surface area contributed by atoms with Gasteiger partial charge in [0, 0.05) is 23.3 Å². The molecule has 2 aromatic heterocycles. The highest BCUT2D eigenvalue weighted by molar-refractivity contribution is 7.13. The summed E-state index contributed by atoms with van der Waals surface area (Å²) in [7, 11) is 0. The van der Waals surface area contributed by atoms with Gasteiger partial charge < -0.3 is 9.67 Å². The smallest absolute Gasteiger partial charge is 0.345 e. The molecule has 0 amide bonds. The van der Waals surface area contributed by atoms with Crippen LogP contribution in [0.4, 0.5) is 0 Å². The molecule has 0 saturated heterocycles. The molecular weight excluding hydrogens is 378 g/mol. The van der Waals surface area contributed by atoms with Gasteiger partial charge in [0.25, 0.3) is 0 Å². The van der Waals surface area contributed by atoms with E-state index in [9.17, 15) is 4.79 Å². The number of aromatic carboxylic acids is 1. The molecule has 0 saturated carbocycles. The number of benzene rings is 1. The number of nitrogens with zero attached hydrogens (tertiary/aromatic N) is 1. The zero-order valence-electron chi connectivity index (χ0n) is 17.3. The summed E-state index contributed by atoms with van der Waals surface area (Å²) in [6, 6.07) is 16.9. The van der Waals surface area contributed by atoms with Crippen molar-refractivity contribution in [2.24, 2.45) is 0 Å². The molecule has 154 valence electrons. The Balaban J connectivity index is 1.51. The number of carbonyl (C=O) groups is 1. The highest BCUT2D eigenvalue weighted by Gasteiger charge is 2.08. The lowest BCUT2D eigenvalue weighted by molar-refractivity contribution is 0.0702. The monoisotopic (exact) mass is 409 g/mol. The first-order chi connectivity index (χ1) is 14.2. The van der Waals surface area contributed by atoms with Crippen molar-refractivity contribution in [3.63, 3.8) is 0 Å². The van der Waals surface area contributed by atoms with Crippen molar-refractivity contribution in [2.75, 3.05) is 0 Å². The number of unbranched alkanes of at least 4 members (excludes halogenated alkanes) is 4. The van der Waals surface area contributed by atoms with E-state index in [0.717, 1.165) is 24.3 Å². The molecule has 2 heterocycles. The highest BCUT2D eigenvalue weighted by Crippen LogP contribution is 2.23. The third kappa shape index (κ3) is 6.33. The van der Waals surface area contributed by atoms with Crippen molar-refractivity contribution in [1.82, 2.24) is 4.57 Å². The summed E-state index contributed by atoms with van der Waals surface area (Å²) in [5, 5.41) is 9.04. The summed E-state index contributed by atoms with van der Waals surface area (Å²) in [5.74, 6) is -0.835. The van der Waals surface area contributed by atoms with Gasteiger partial charge in [0.2, 0.25) is 0 Å². The Hall–Kier alpha value is -2.33. The third-order valence-corrected chi connectivity index (χ3v) is 6.48. The largest absolute Gasteiger partial charge is 0.477 e. The van der Waals surface area contributed by atoms with Gasteiger partial charge in [-0.2, -0.15) is 0 Å². The van der Waals surface area contributed by atoms with Crippen molar-refractivity contribution in [2.45, 2.75) is 64.8 Å². The number of thiophene rings is 1. The van der Waals surface area contributed by atoms with Gasteiger partial charge in [-0.15, -0.1) is 11.3 Å². The van der Waals surface area contributed by atoms with Crippen molar-refractivity contribution >= 4 is 17.3 Å². The van der Waals surface area contributed by atoms with Crippen LogP contribution < -0.4 is 0 Å². The first kappa shape index (κ1) is 21.4. The lowest BCUT2D eigenvalue weighted by atomic mass is 10.0. The average Bonchev–Trinajstić information content (AvgIpc) is 3.38. The van der Waals surface area contributed by atoms with Gasteiger partial charge in [-0.3, -0.25) is 0 Å². The van der Waals surface area contributed by atoms with Gasteiger partial charge in [0.05, 0.1) is 0 Å². The number of carboxylic acid groups (broad SMARTS) is 1. The zero-order chi connectivity index (χ0) is 20.5. The topological polar surface area (TPSA) is 42.2 Å². The summed E-state index contributed by atoms with van der Waals surface area (Å²) in [6.45, 7) is 3.19. The van der Waals surface area contributed by atoms with Crippen molar-refractivity contribution in [3.8, 4) is 11.3 Å². The number of hydrogen-bond acceptors (Lipinski definition) is 2. The molecule has 1 N–H and O–H groups in total. The summed E-state index contributed by atoms with van der Waals surface area (Å²) in [5.41, 5.74) is 3.93. The molecule has 0 fully saturated rings. The lowest BCUT2D eigenvalue weighted by Crippen LogP contribution is -2.00. The Labute approximate surface area is 178 Å². The van der Waals surface area contributed by atoms with Crippen LogP contribution in [0, 0.1) is 0 Å². The first-order valence-electron chi connectivity index (χ1n) is 10.7. The van der Waals surface area contributed by atoms with Gasteiger partial charge in [0.15, 0.2) is 0 Å². The summed E-state index contributed by atoms with van der Waals surface area (Å²) in [6.07, 6.45) is 11.8. The van der Waals surface area contributed by atoms with E-state index in [1.165, 1.54) is 66.7 Å². The van der Waals surface area contributed by atoms with Gasteiger partial charge >= 0.3 is 5.97 Å². The van der Waals surface area contributed by atoms with E-state index >= 15 is 0 Å². The van der Waals surface area contributed by atoms with Crippen LogP contribution in [-0.4, -0.2) is 15.6 Å². The minimum absolute atomic E-state index is 0.423. The molecule has 3 rings (SSSR count). The van der Waals surface area contributed by atoms with E-state index in [0.29, 0.717) is 4.88 Å². The Morgan fingerprint density at radius 2 is 1.72 bits per heavy atom. The normalized spacial score (nSPS) is 11.1. The Kier molecular flexibility index (Phi) is 8.12. The molecule has 0 aliphatic rings. The fraction of sp³-hybridized carbons (Fsp3) is 0.400. The van der Waals surface area contributed by atoms with Crippen LogP contribution in [0.25, 0.3) is 11.3 Å². The molecule has 0 bridgehead atoms. The lowest BCUT2D eigenvalue weighted by Gasteiger charge is -2.10. The maximum atomic E-state index is 11.0. The SMILES string of the molecule is CCCCCCCc1ccc(-c2cccn2CCCc2ccc(C(=O)O)s2)cc1. The number of aromatic nitrogens is 1. The maximum Gasteiger partial charge on any atom is 0.345 e. The second-order valence-corrected chi connectivity index (χ2v) is 8.79. The maximum absolute atomic E-state index is 11.0. The molecule has 3 aromatic rings. The minimum atomic E-state index is -0.835. The summed E-state index contributed by atoms with van der Waals surface area (Å²) < 4.78 is 2.30. The van der Waals surface area contributed by atoms with E-state index in [1.54, 1.807) is 6.07 Å². The van der Waals surface area contributed by atoms with E-state index in [2.05, 4.69) is 54.1 Å². The molecular formula is C25H31NO2S. The van der Waals surface area contributed by atoms with E-state index < -0.39 is 5.97 Å². The summed E-state index contributed by atoms with van der Waals surface area (Å²) >= 11 is 1.38. The standard InChI is InChI=1S/C25H31NO2S/c1-2-3-4-5-6-9-20-12-14-21(15-13-20)23-11-8-19-26(23)18-7-10-22-16-17-24(29-22)25(27)28/h8,11-17,19H,2-7,9-10,18H2,1H3,(H,27,28). The van der Waals surface area contributed by atoms with E-state index in [4.69, 9.17) is 5.11 Å². The van der Waals surface area contributed by atoms with Crippen LogP contribution in [-0.2, 0) is 19.4 Å². The highest BCUT2D eigenvalue weighted by atomic mass is 32.1. The van der Waals surface area contributed by atoms with Crippen LogP contribution in [0.1, 0.15) is 65.6 Å². The van der Waals surface area contributed by atoms with Crippen LogP contribution in [0.15, 0.2) is 54.7 Å². The van der Waals surface area contributed by atoms with Crippen molar-refractivity contribution < 1.29 is 9.90 Å². The Morgan fingerprint density at radius 1 is 0.931 bits per heavy atom. The predicted molar refractivity (Wildman–Crippen MR) is 122 cm³/mol. The van der Waals surface area contributed by atoms with E-state index in [-0.39, 0.29) is 0 Å². The number of rotatable bonds is 12. The first-order valence-corrected chi connectivity index (χ1v) is 11.6. The molecule has 0 unspecified atom stereocenters. The van der Waals surface area contributed by atoms with Crippen LogP contribution >= 0.6 is 11.3 Å². The fourth-order valence-electron chi connectivity index (χ4n) is 3.70. The zero-order valence-corrected chi connectivity index (χ0v) is 18.1. The summed E-state index contributed by atoms with van der Waals surface area (Å²) in [4.78, 5) is 12.6. The fourth-order valence-corrected chi connectivity index (χ4v) is 4.59. The van der Waals surface area contributed by atoms with Crippen LogP contribution in [0.5, 0.6) is 0 Å². The van der Waals surface area contributed by atoms with Gasteiger partial charge in [-0.25, -0.2) is 4.79 Å². The molecule has 0 aliphatic carbocycles. The molecule has 0 spiro atoms. The quantitative estimate of drug-likeness (QED) is 0.325. The second kappa shape index (κ2) is 11.0. The van der Waals surface area contributed by atoms with Crippen molar-refractivity contribution in [1.29, 1.82) is 0 Å². The predicted octanol–water partition coefficient (Wildman–Crippen LogP) is 7.06. The number of carboxylic acids is 1. The van der Waals surface area contributed by atoms with Crippen molar-refractivity contribution in [3.05, 3.63) is 70.0 Å². The Bertz CT molecular complexity index is 892. The molecule has 4 heteroatoms. The minimum Gasteiger partial charge on any atom is -0.477 e. The molecule has 3 nitrogen and oxygen atoms in total. The van der Waals surface area contributed by atoms with Gasteiger partial charge in [0.1, 0.15) is 4.88 Å². The third-order valence-electron chi connectivity index (χ3n) is 5.34.